The van der Waals surface area contributed by atoms with E-state index in [2.05, 4.69) is 39.8 Å². The highest BCUT2D eigenvalue weighted by Crippen LogP contribution is 2.26. The summed E-state index contributed by atoms with van der Waals surface area (Å²) in [6, 6.07) is 0.606. The van der Waals surface area contributed by atoms with Crippen molar-refractivity contribution in [2.45, 2.75) is 51.9 Å². The van der Waals surface area contributed by atoms with Crippen molar-refractivity contribution in [3.63, 3.8) is 0 Å². The van der Waals surface area contributed by atoms with E-state index >= 15 is 0 Å². The molecule has 0 N–H and O–H groups in total. The maximum Gasteiger partial charge on any atom is 0.0705 e. The molecule has 0 saturated carbocycles. The second kappa shape index (κ2) is 4.43. The van der Waals surface area contributed by atoms with Crippen LogP contribution in [0.25, 0.3) is 0 Å². The fourth-order valence-electron chi connectivity index (χ4n) is 2.17. The molecule has 1 fully saturated rings. The van der Waals surface area contributed by atoms with Crippen LogP contribution in [0.4, 0.5) is 0 Å². The second-order valence-electron chi connectivity index (χ2n) is 4.73. The summed E-state index contributed by atoms with van der Waals surface area (Å²) in [6.07, 6.45) is 3.35. The van der Waals surface area contributed by atoms with Crippen molar-refractivity contribution < 1.29 is 4.74 Å². The van der Waals surface area contributed by atoms with Crippen LogP contribution in [-0.4, -0.2) is 37.2 Å². The smallest absolute Gasteiger partial charge is 0.0705 e. The van der Waals surface area contributed by atoms with Gasteiger partial charge in [-0.3, -0.25) is 0 Å². The average Bonchev–Trinajstić information content (AvgIpc) is 2.03. The van der Waals surface area contributed by atoms with Crippen LogP contribution >= 0.6 is 0 Å². The van der Waals surface area contributed by atoms with Crippen molar-refractivity contribution >= 4 is 0 Å². The molecular formula is C11H23NO. The minimum Gasteiger partial charge on any atom is -0.373 e. The lowest BCUT2D eigenvalue weighted by Crippen LogP contribution is -2.46. The van der Waals surface area contributed by atoms with E-state index in [4.69, 9.17) is 4.74 Å². The molecule has 1 rings (SSSR count). The molecule has 3 atom stereocenters. The van der Waals surface area contributed by atoms with Gasteiger partial charge in [-0.2, -0.15) is 0 Å². The summed E-state index contributed by atoms with van der Waals surface area (Å²) in [4.78, 5) is 2.28. The number of hydrogen-bond acceptors (Lipinski definition) is 2. The number of nitrogens with zero attached hydrogens (tertiary/aromatic N) is 1. The van der Waals surface area contributed by atoms with Crippen molar-refractivity contribution in [2.75, 3.05) is 14.1 Å². The maximum atomic E-state index is 5.98. The van der Waals surface area contributed by atoms with E-state index < -0.39 is 0 Å². The van der Waals surface area contributed by atoms with Gasteiger partial charge in [0, 0.05) is 6.04 Å². The SMILES string of the molecule is CC(C)C1CCC(N(C)C)C(C)O1. The summed E-state index contributed by atoms with van der Waals surface area (Å²) < 4.78 is 5.98. The van der Waals surface area contributed by atoms with Crippen LogP contribution in [0.2, 0.25) is 0 Å². The summed E-state index contributed by atoms with van der Waals surface area (Å²) in [7, 11) is 4.28. The van der Waals surface area contributed by atoms with Crippen molar-refractivity contribution in [2.24, 2.45) is 5.92 Å². The van der Waals surface area contributed by atoms with Crippen molar-refractivity contribution in [3.8, 4) is 0 Å². The fraction of sp³-hybridized carbons (Fsp3) is 1.00. The third kappa shape index (κ3) is 2.68. The van der Waals surface area contributed by atoms with Gasteiger partial charge < -0.3 is 9.64 Å². The Kier molecular flexibility index (Phi) is 3.74. The molecule has 3 unspecified atom stereocenters. The molecule has 0 aliphatic carbocycles. The molecule has 0 amide bonds. The van der Waals surface area contributed by atoms with Crippen molar-refractivity contribution in [3.05, 3.63) is 0 Å². The van der Waals surface area contributed by atoms with Crippen LogP contribution in [0.3, 0.4) is 0 Å². The van der Waals surface area contributed by atoms with Crippen molar-refractivity contribution in [1.82, 2.24) is 4.90 Å². The van der Waals surface area contributed by atoms with Gasteiger partial charge in [0.05, 0.1) is 12.2 Å². The van der Waals surface area contributed by atoms with Gasteiger partial charge in [-0.1, -0.05) is 13.8 Å². The lowest BCUT2D eigenvalue weighted by atomic mass is 9.93. The first kappa shape index (κ1) is 11.0. The van der Waals surface area contributed by atoms with Gasteiger partial charge >= 0.3 is 0 Å². The summed E-state index contributed by atoms with van der Waals surface area (Å²) in [5, 5.41) is 0. The number of rotatable bonds is 2. The van der Waals surface area contributed by atoms with Crippen molar-refractivity contribution in [1.29, 1.82) is 0 Å². The molecular weight excluding hydrogens is 162 g/mol. The van der Waals surface area contributed by atoms with E-state index in [0.717, 1.165) is 0 Å². The van der Waals surface area contributed by atoms with E-state index in [9.17, 15) is 0 Å². The first-order valence-electron chi connectivity index (χ1n) is 5.34. The van der Waals surface area contributed by atoms with Crippen LogP contribution in [0.1, 0.15) is 33.6 Å². The van der Waals surface area contributed by atoms with Crippen LogP contribution in [-0.2, 0) is 4.74 Å². The monoisotopic (exact) mass is 185 g/mol. The Hall–Kier alpha value is -0.0800. The van der Waals surface area contributed by atoms with E-state index in [1.165, 1.54) is 12.8 Å². The molecule has 0 spiro atoms. The van der Waals surface area contributed by atoms with E-state index in [-0.39, 0.29) is 0 Å². The average molecular weight is 185 g/mol. The van der Waals surface area contributed by atoms with Gasteiger partial charge in [0.2, 0.25) is 0 Å². The first-order chi connectivity index (χ1) is 6.02. The summed E-state index contributed by atoms with van der Waals surface area (Å²) in [6.45, 7) is 6.68. The van der Waals surface area contributed by atoms with Gasteiger partial charge in [-0.25, -0.2) is 0 Å². The van der Waals surface area contributed by atoms with Gasteiger partial charge in [0.25, 0.3) is 0 Å². The predicted molar refractivity (Wildman–Crippen MR) is 55.9 cm³/mol. The highest BCUT2D eigenvalue weighted by atomic mass is 16.5. The molecule has 1 saturated heterocycles. The van der Waals surface area contributed by atoms with Crippen LogP contribution < -0.4 is 0 Å². The lowest BCUT2D eigenvalue weighted by molar-refractivity contribution is -0.0974. The molecule has 1 aliphatic heterocycles. The van der Waals surface area contributed by atoms with Gasteiger partial charge in [0.1, 0.15) is 0 Å². The van der Waals surface area contributed by atoms with Crippen LogP contribution in [0, 0.1) is 5.92 Å². The zero-order valence-electron chi connectivity index (χ0n) is 9.58. The Labute approximate surface area is 82.3 Å². The molecule has 0 aromatic heterocycles. The first-order valence-corrected chi connectivity index (χ1v) is 5.34. The van der Waals surface area contributed by atoms with E-state index in [1.807, 2.05) is 0 Å². The fourth-order valence-corrected chi connectivity index (χ4v) is 2.17. The molecule has 78 valence electrons. The minimum absolute atomic E-state index is 0.385. The Morgan fingerprint density at radius 2 is 1.85 bits per heavy atom. The third-order valence-electron chi connectivity index (χ3n) is 3.09. The Morgan fingerprint density at radius 3 is 2.23 bits per heavy atom. The molecule has 0 aromatic rings. The van der Waals surface area contributed by atoms with Crippen LogP contribution in [0.5, 0.6) is 0 Å². The molecule has 2 heteroatoms. The highest BCUT2D eigenvalue weighted by molar-refractivity contribution is 4.82. The normalized spacial score (nSPS) is 35.8. The number of likely N-dealkylation sites (N-methyl/N-ethyl adjacent to an activating group) is 1. The van der Waals surface area contributed by atoms with Gasteiger partial charge in [-0.05, 0) is 39.8 Å². The number of hydrogen-bond donors (Lipinski definition) is 0. The Bertz CT molecular complexity index is 156. The lowest BCUT2D eigenvalue weighted by Gasteiger charge is -2.39. The zero-order valence-corrected chi connectivity index (χ0v) is 9.58. The Balaban J connectivity index is 2.46. The highest BCUT2D eigenvalue weighted by Gasteiger charge is 2.30. The number of ether oxygens (including phenoxy) is 1. The maximum absolute atomic E-state index is 5.98. The van der Waals surface area contributed by atoms with E-state index in [0.29, 0.717) is 24.2 Å². The molecule has 13 heavy (non-hydrogen) atoms. The topological polar surface area (TPSA) is 12.5 Å². The molecule has 0 bridgehead atoms. The molecule has 0 radical (unpaired) electrons. The Morgan fingerprint density at radius 1 is 1.23 bits per heavy atom. The van der Waals surface area contributed by atoms with Gasteiger partial charge in [0.15, 0.2) is 0 Å². The second-order valence-corrected chi connectivity index (χ2v) is 4.73. The quantitative estimate of drug-likeness (QED) is 0.653. The molecule has 1 heterocycles. The predicted octanol–water partition coefficient (Wildman–Crippen LogP) is 2.14. The summed E-state index contributed by atoms with van der Waals surface area (Å²) in [5.41, 5.74) is 0. The minimum atomic E-state index is 0.385. The standard InChI is InChI=1S/C11H23NO/c1-8(2)11-7-6-10(12(4)5)9(3)13-11/h8-11H,6-7H2,1-5H3. The largest absolute Gasteiger partial charge is 0.373 e. The van der Waals surface area contributed by atoms with Crippen LogP contribution in [0.15, 0.2) is 0 Å². The molecule has 1 aliphatic rings. The summed E-state index contributed by atoms with van der Waals surface area (Å²) >= 11 is 0. The summed E-state index contributed by atoms with van der Waals surface area (Å²) in [5.74, 6) is 0.658. The third-order valence-corrected chi connectivity index (χ3v) is 3.09. The zero-order chi connectivity index (χ0) is 10.0. The van der Waals surface area contributed by atoms with Gasteiger partial charge in [-0.15, -0.1) is 0 Å². The molecule has 0 aromatic carbocycles. The van der Waals surface area contributed by atoms with E-state index in [1.54, 1.807) is 0 Å². The molecule has 2 nitrogen and oxygen atoms in total.